The van der Waals surface area contributed by atoms with Crippen LogP contribution in [-0.4, -0.2) is 52.4 Å². The van der Waals surface area contributed by atoms with Crippen LogP contribution in [-0.2, 0) is 16.1 Å². The fourth-order valence-electron chi connectivity index (χ4n) is 3.46. The van der Waals surface area contributed by atoms with Gasteiger partial charge >= 0.3 is 0 Å². The molecule has 5 nitrogen and oxygen atoms in total. The Bertz CT molecular complexity index is 684. The minimum atomic E-state index is -0.384. The molecule has 0 bridgehead atoms. The number of carbonyl (C=O) groups excluding carboxylic acids is 2. The number of thioether (sulfide) groups is 1. The standard InChI is InChI=1S/C17H21ClN2O3S/c1-17-7-6-15(21)20(17)13(10-24-17)16(22)19(2)9-11-8-12(18)4-5-14(11)23-3/h4-5,8,13H,6-7,9-10H2,1-3H3. The molecule has 0 spiro atoms. The number of likely N-dealkylation sites (N-methyl/N-ethyl adjacent to an activating group) is 1. The minimum absolute atomic E-state index is 0.0384. The molecule has 24 heavy (non-hydrogen) atoms. The first-order valence-corrected chi connectivity index (χ1v) is 9.25. The first-order valence-electron chi connectivity index (χ1n) is 7.89. The molecule has 1 aromatic carbocycles. The van der Waals surface area contributed by atoms with Crippen LogP contribution in [0.15, 0.2) is 18.2 Å². The summed E-state index contributed by atoms with van der Waals surface area (Å²) in [5, 5.41) is 0.602. The Hall–Kier alpha value is -1.40. The van der Waals surface area contributed by atoms with Gasteiger partial charge < -0.3 is 14.5 Å². The predicted molar refractivity (Wildman–Crippen MR) is 95.2 cm³/mol. The van der Waals surface area contributed by atoms with Crippen LogP contribution < -0.4 is 4.74 Å². The lowest BCUT2D eigenvalue weighted by Gasteiger charge is -2.32. The van der Waals surface area contributed by atoms with Gasteiger partial charge in [-0.1, -0.05) is 11.6 Å². The summed E-state index contributed by atoms with van der Waals surface area (Å²) in [5.41, 5.74) is 0.849. The van der Waals surface area contributed by atoms with Crippen LogP contribution >= 0.6 is 23.4 Å². The van der Waals surface area contributed by atoms with Crippen molar-refractivity contribution in [3.05, 3.63) is 28.8 Å². The highest BCUT2D eigenvalue weighted by Gasteiger charge is 2.53. The maximum atomic E-state index is 12.9. The molecule has 1 aromatic rings. The number of halogens is 1. The highest BCUT2D eigenvalue weighted by atomic mass is 35.5. The SMILES string of the molecule is COc1ccc(Cl)cc1CN(C)C(=O)C1CSC2(C)CCC(=O)N12. The molecule has 2 amide bonds. The highest BCUT2D eigenvalue weighted by molar-refractivity contribution is 8.01. The molecule has 2 saturated heterocycles. The van der Waals surface area contributed by atoms with E-state index in [0.29, 0.717) is 29.5 Å². The van der Waals surface area contributed by atoms with E-state index >= 15 is 0 Å². The zero-order valence-corrected chi connectivity index (χ0v) is 15.6. The highest BCUT2D eigenvalue weighted by Crippen LogP contribution is 2.47. The summed E-state index contributed by atoms with van der Waals surface area (Å²) >= 11 is 7.76. The van der Waals surface area contributed by atoms with Gasteiger partial charge in [-0.05, 0) is 31.5 Å². The summed E-state index contributed by atoms with van der Waals surface area (Å²) in [4.78, 5) is 28.3. The number of nitrogens with zero attached hydrogens (tertiary/aromatic N) is 2. The molecular weight excluding hydrogens is 348 g/mol. The van der Waals surface area contributed by atoms with E-state index in [9.17, 15) is 9.59 Å². The number of hydrogen-bond acceptors (Lipinski definition) is 4. The molecule has 2 atom stereocenters. The molecule has 0 aromatic heterocycles. The monoisotopic (exact) mass is 368 g/mol. The van der Waals surface area contributed by atoms with E-state index in [1.54, 1.807) is 53.9 Å². The minimum Gasteiger partial charge on any atom is -0.496 e. The molecule has 0 N–H and O–H groups in total. The Morgan fingerprint density at radius 3 is 3.00 bits per heavy atom. The molecule has 2 unspecified atom stereocenters. The Morgan fingerprint density at radius 1 is 1.54 bits per heavy atom. The summed E-state index contributed by atoms with van der Waals surface area (Å²) in [5.74, 6) is 1.39. The maximum absolute atomic E-state index is 12.9. The smallest absolute Gasteiger partial charge is 0.246 e. The Balaban J connectivity index is 1.76. The van der Waals surface area contributed by atoms with Crippen molar-refractivity contribution < 1.29 is 14.3 Å². The lowest BCUT2D eigenvalue weighted by atomic mass is 10.1. The van der Waals surface area contributed by atoms with Gasteiger partial charge in [0.25, 0.3) is 0 Å². The van der Waals surface area contributed by atoms with Crippen molar-refractivity contribution in [2.75, 3.05) is 19.9 Å². The van der Waals surface area contributed by atoms with Crippen LogP contribution in [0.5, 0.6) is 5.75 Å². The first-order chi connectivity index (χ1) is 11.4. The van der Waals surface area contributed by atoms with E-state index in [1.807, 2.05) is 0 Å². The van der Waals surface area contributed by atoms with Gasteiger partial charge in [0.1, 0.15) is 11.8 Å². The molecule has 0 radical (unpaired) electrons. The first kappa shape index (κ1) is 17.4. The Morgan fingerprint density at radius 2 is 2.29 bits per heavy atom. The number of carbonyl (C=O) groups is 2. The summed E-state index contributed by atoms with van der Waals surface area (Å²) in [6.07, 6.45) is 1.34. The fourth-order valence-corrected chi connectivity index (χ4v) is 5.08. The molecule has 7 heteroatoms. The molecule has 2 fully saturated rings. The quantitative estimate of drug-likeness (QED) is 0.820. The van der Waals surface area contributed by atoms with Crippen LogP contribution in [0.2, 0.25) is 5.02 Å². The lowest BCUT2D eigenvalue weighted by Crippen LogP contribution is -2.50. The summed E-state index contributed by atoms with van der Waals surface area (Å²) in [6, 6.07) is 4.97. The van der Waals surface area contributed by atoms with Crippen molar-refractivity contribution >= 4 is 35.2 Å². The molecule has 2 aliphatic heterocycles. The summed E-state index contributed by atoms with van der Waals surface area (Å²) in [6.45, 7) is 2.44. The van der Waals surface area contributed by atoms with E-state index in [4.69, 9.17) is 16.3 Å². The van der Waals surface area contributed by atoms with Gasteiger partial charge in [-0.15, -0.1) is 11.8 Å². The molecule has 2 aliphatic rings. The molecular formula is C17H21ClN2O3S. The van der Waals surface area contributed by atoms with Crippen molar-refractivity contribution in [2.45, 2.75) is 37.2 Å². The van der Waals surface area contributed by atoms with Crippen LogP contribution in [0.3, 0.4) is 0 Å². The maximum Gasteiger partial charge on any atom is 0.246 e. The summed E-state index contributed by atoms with van der Waals surface area (Å²) in [7, 11) is 3.35. The zero-order valence-electron chi connectivity index (χ0n) is 14.0. The van der Waals surface area contributed by atoms with Gasteiger partial charge in [-0.25, -0.2) is 0 Å². The van der Waals surface area contributed by atoms with E-state index in [2.05, 4.69) is 6.92 Å². The van der Waals surface area contributed by atoms with Gasteiger partial charge in [-0.2, -0.15) is 0 Å². The van der Waals surface area contributed by atoms with Crippen molar-refractivity contribution in [2.24, 2.45) is 0 Å². The van der Waals surface area contributed by atoms with Crippen LogP contribution in [0.25, 0.3) is 0 Å². The lowest BCUT2D eigenvalue weighted by molar-refractivity contribution is -0.143. The molecule has 0 saturated carbocycles. The van der Waals surface area contributed by atoms with Gasteiger partial charge in [0.15, 0.2) is 0 Å². The van der Waals surface area contributed by atoms with E-state index in [0.717, 1.165) is 12.0 Å². The number of fused-ring (bicyclic) bond motifs is 1. The second-order valence-corrected chi connectivity index (χ2v) is 8.35. The van der Waals surface area contributed by atoms with Crippen LogP contribution in [0, 0.1) is 0 Å². The Labute approximate surface area is 151 Å². The normalized spacial score (nSPS) is 25.8. The van der Waals surface area contributed by atoms with Crippen molar-refractivity contribution in [3.8, 4) is 5.75 Å². The largest absolute Gasteiger partial charge is 0.496 e. The average molecular weight is 369 g/mol. The third-order valence-corrected chi connectivity index (χ3v) is 6.50. The molecule has 3 rings (SSSR count). The summed E-state index contributed by atoms with van der Waals surface area (Å²) < 4.78 is 5.34. The molecule has 130 valence electrons. The van der Waals surface area contributed by atoms with Gasteiger partial charge in [0.2, 0.25) is 11.8 Å². The predicted octanol–water partition coefficient (Wildman–Crippen LogP) is 2.76. The van der Waals surface area contributed by atoms with E-state index in [-0.39, 0.29) is 22.7 Å². The van der Waals surface area contributed by atoms with Gasteiger partial charge in [-0.3, -0.25) is 9.59 Å². The molecule has 0 aliphatic carbocycles. The third kappa shape index (κ3) is 2.97. The average Bonchev–Trinajstić information content (AvgIpc) is 3.03. The second-order valence-electron chi connectivity index (χ2n) is 6.42. The fraction of sp³-hybridized carbons (Fsp3) is 0.529. The number of amides is 2. The van der Waals surface area contributed by atoms with Crippen LogP contribution in [0.1, 0.15) is 25.3 Å². The van der Waals surface area contributed by atoms with E-state index < -0.39 is 0 Å². The number of methoxy groups -OCH3 is 1. The Kier molecular flexibility index (Phi) is 4.71. The van der Waals surface area contributed by atoms with Crippen molar-refractivity contribution in [1.29, 1.82) is 0 Å². The number of ether oxygens (including phenoxy) is 1. The van der Waals surface area contributed by atoms with E-state index in [1.165, 1.54) is 0 Å². The zero-order chi connectivity index (χ0) is 17.5. The number of benzene rings is 1. The third-order valence-electron chi connectivity index (χ3n) is 4.76. The topological polar surface area (TPSA) is 49.9 Å². The van der Waals surface area contributed by atoms with Crippen LogP contribution in [0.4, 0.5) is 0 Å². The van der Waals surface area contributed by atoms with Crippen molar-refractivity contribution in [3.63, 3.8) is 0 Å². The van der Waals surface area contributed by atoms with Gasteiger partial charge in [0.05, 0.1) is 12.0 Å². The number of hydrogen-bond donors (Lipinski definition) is 0. The molecule has 2 heterocycles. The van der Waals surface area contributed by atoms with Crippen molar-refractivity contribution in [1.82, 2.24) is 9.80 Å². The number of rotatable bonds is 4. The van der Waals surface area contributed by atoms with Gasteiger partial charge in [0, 0.05) is 36.4 Å². The second kappa shape index (κ2) is 6.48.